The number of nitrogens with one attached hydrogen (secondary N) is 1. The number of aromatic nitrogens is 2. The van der Waals surface area contributed by atoms with E-state index in [4.69, 9.17) is 16.0 Å². The van der Waals surface area contributed by atoms with Crippen LogP contribution in [0.4, 0.5) is 11.4 Å². The number of anilines is 1. The molecule has 2 aromatic carbocycles. The number of carbonyl (C=O) groups is 1. The van der Waals surface area contributed by atoms with Crippen LogP contribution in [0.3, 0.4) is 0 Å². The largest absolute Gasteiger partial charge is 0.419 e. The van der Waals surface area contributed by atoms with Crippen molar-refractivity contribution < 1.29 is 14.1 Å². The van der Waals surface area contributed by atoms with Gasteiger partial charge in [-0.2, -0.15) is 0 Å². The van der Waals surface area contributed by atoms with Gasteiger partial charge in [0.1, 0.15) is 0 Å². The van der Waals surface area contributed by atoms with Crippen molar-refractivity contribution in [2.75, 3.05) is 18.4 Å². The van der Waals surface area contributed by atoms with Crippen LogP contribution in [0.1, 0.15) is 24.8 Å². The van der Waals surface area contributed by atoms with E-state index in [1.54, 1.807) is 19.1 Å². The number of nitrogens with zero attached hydrogens (tertiary/aromatic N) is 4. The van der Waals surface area contributed by atoms with Crippen molar-refractivity contribution in [1.82, 2.24) is 15.1 Å². The number of nitro groups is 1. The Morgan fingerprint density at radius 3 is 2.71 bits per heavy atom. The van der Waals surface area contributed by atoms with Gasteiger partial charge in [0.25, 0.3) is 5.69 Å². The number of rotatable bonds is 9. The van der Waals surface area contributed by atoms with Gasteiger partial charge < -0.3 is 9.73 Å². The van der Waals surface area contributed by atoms with E-state index in [2.05, 4.69) is 15.5 Å². The predicted molar refractivity (Wildman–Crippen MR) is 117 cm³/mol. The van der Waals surface area contributed by atoms with E-state index in [0.29, 0.717) is 46.7 Å². The predicted octanol–water partition coefficient (Wildman–Crippen LogP) is 4.46. The highest BCUT2D eigenvalue weighted by atomic mass is 35.5. The van der Waals surface area contributed by atoms with Crippen molar-refractivity contribution in [3.05, 3.63) is 69.1 Å². The van der Waals surface area contributed by atoms with E-state index in [-0.39, 0.29) is 18.1 Å². The minimum absolute atomic E-state index is 0.0196. The lowest BCUT2D eigenvalue weighted by Crippen LogP contribution is -2.33. The molecule has 0 radical (unpaired) electrons. The average molecular weight is 444 g/mol. The number of non-ortho nitro benzene ring substituents is 1. The van der Waals surface area contributed by atoms with Crippen LogP contribution < -0.4 is 5.32 Å². The minimum atomic E-state index is -0.469. The van der Waals surface area contributed by atoms with Gasteiger partial charge in [-0.1, -0.05) is 30.7 Å². The average Bonchev–Trinajstić information content (AvgIpc) is 3.18. The molecule has 0 atom stereocenters. The Morgan fingerprint density at radius 1 is 1.26 bits per heavy atom. The summed E-state index contributed by atoms with van der Waals surface area (Å²) in [6.45, 7) is 4.78. The van der Waals surface area contributed by atoms with Crippen LogP contribution >= 0.6 is 11.6 Å². The van der Waals surface area contributed by atoms with Crippen LogP contribution in [-0.4, -0.2) is 39.0 Å². The molecule has 0 saturated heterocycles. The first-order chi connectivity index (χ1) is 14.9. The van der Waals surface area contributed by atoms with Crippen LogP contribution in [0.15, 0.2) is 46.9 Å². The third-order valence-electron chi connectivity index (χ3n) is 4.53. The van der Waals surface area contributed by atoms with Crippen molar-refractivity contribution in [3.63, 3.8) is 0 Å². The Balaban J connectivity index is 1.65. The molecule has 0 aliphatic carbocycles. The first-order valence-corrected chi connectivity index (χ1v) is 10.1. The van der Waals surface area contributed by atoms with Crippen LogP contribution in [0.5, 0.6) is 0 Å². The topological polar surface area (TPSA) is 114 Å². The van der Waals surface area contributed by atoms with Crippen LogP contribution in [0.25, 0.3) is 11.5 Å². The number of halogens is 1. The number of carbonyl (C=O) groups excluding carboxylic acids is 1. The quantitative estimate of drug-likeness (QED) is 0.383. The first-order valence-electron chi connectivity index (χ1n) is 9.72. The number of hydrogen-bond acceptors (Lipinski definition) is 7. The summed E-state index contributed by atoms with van der Waals surface area (Å²) in [6, 6.07) is 11.5. The molecule has 0 unspecified atom stereocenters. The second-order valence-corrected chi connectivity index (χ2v) is 7.40. The lowest BCUT2D eigenvalue weighted by atomic mass is 10.2. The zero-order valence-electron chi connectivity index (χ0n) is 17.2. The SMILES string of the molecule is CCCN(CC(=O)Nc1ccc([N+](=O)[O-])cc1C)Cc1nnc(-c2ccccc2Cl)o1. The second kappa shape index (κ2) is 10.1. The molecule has 10 heteroatoms. The van der Waals surface area contributed by atoms with E-state index >= 15 is 0 Å². The molecule has 1 N–H and O–H groups in total. The number of hydrogen-bond donors (Lipinski definition) is 1. The number of amides is 1. The molecule has 0 saturated carbocycles. The van der Waals surface area contributed by atoms with Gasteiger partial charge in [-0.15, -0.1) is 10.2 Å². The van der Waals surface area contributed by atoms with Crippen molar-refractivity contribution in [1.29, 1.82) is 0 Å². The van der Waals surface area contributed by atoms with E-state index in [1.807, 2.05) is 24.0 Å². The Hall–Kier alpha value is -3.30. The van der Waals surface area contributed by atoms with Crippen molar-refractivity contribution in [2.45, 2.75) is 26.8 Å². The fourth-order valence-electron chi connectivity index (χ4n) is 3.08. The van der Waals surface area contributed by atoms with Crippen LogP contribution in [0.2, 0.25) is 5.02 Å². The molecule has 1 heterocycles. The molecule has 0 aliphatic heterocycles. The molecule has 0 spiro atoms. The van der Waals surface area contributed by atoms with Gasteiger partial charge in [0.2, 0.25) is 17.7 Å². The van der Waals surface area contributed by atoms with E-state index < -0.39 is 4.92 Å². The second-order valence-electron chi connectivity index (χ2n) is 7.00. The number of nitro benzene ring substituents is 1. The summed E-state index contributed by atoms with van der Waals surface area (Å²) in [7, 11) is 0. The third-order valence-corrected chi connectivity index (χ3v) is 4.86. The lowest BCUT2D eigenvalue weighted by molar-refractivity contribution is -0.384. The van der Waals surface area contributed by atoms with Gasteiger partial charge >= 0.3 is 0 Å². The van der Waals surface area contributed by atoms with Gasteiger partial charge in [-0.25, -0.2) is 0 Å². The highest BCUT2D eigenvalue weighted by Gasteiger charge is 2.17. The number of benzene rings is 2. The molecule has 162 valence electrons. The highest BCUT2D eigenvalue weighted by Crippen LogP contribution is 2.26. The van der Waals surface area contributed by atoms with Gasteiger partial charge in [-0.3, -0.25) is 19.8 Å². The van der Waals surface area contributed by atoms with Gasteiger partial charge in [0.05, 0.1) is 28.6 Å². The van der Waals surface area contributed by atoms with Crippen LogP contribution in [-0.2, 0) is 11.3 Å². The fraction of sp³-hybridized carbons (Fsp3) is 0.286. The summed E-state index contributed by atoms with van der Waals surface area (Å²) in [4.78, 5) is 24.9. The minimum Gasteiger partial charge on any atom is -0.419 e. The molecule has 3 rings (SSSR count). The van der Waals surface area contributed by atoms with Crippen molar-refractivity contribution in [3.8, 4) is 11.5 Å². The maximum Gasteiger partial charge on any atom is 0.269 e. The monoisotopic (exact) mass is 443 g/mol. The maximum absolute atomic E-state index is 12.6. The Labute approximate surface area is 184 Å². The summed E-state index contributed by atoms with van der Waals surface area (Å²) in [5.41, 5.74) is 1.78. The summed E-state index contributed by atoms with van der Waals surface area (Å²) in [5.74, 6) is 0.460. The van der Waals surface area contributed by atoms with E-state index in [0.717, 1.165) is 6.42 Å². The zero-order valence-corrected chi connectivity index (χ0v) is 17.9. The Kier molecular flexibility index (Phi) is 7.32. The highest BCUT2D eigenvalue weighted by molar-refractivity contribution is 6.33. The van der Waals surface area contributed by atoms with E-state index in [9.17, 15) is 14.9 Å². The van der Waals surface area contributed by atoms with Crippen molar-refractivity contribution in [2.24, 2.45) is 0 Å². The third kappa shape index (κ3) is 5.87. The first kappa shape index (κ1) is 22.4. The molecular formula is C21H22ClN5O4. The number of aryl methyl sites for hydroxylation is 1. The Morgan fingerprint density at radius 2 is 2.03 bits per heavy atom. The molecule has 0 aliphatic rings. The van der Waals surface area contributed by atoms with Gasteiger partial charge in [0.15, 0.2) is 0 Å². The summed E-state index contributed by atoms with van der Waals surface area (Å²) < 4.78 is 5.74. The summed E-state index contributed by atoms with van der Waals surface area (Å²) in [5, 5.41) is 22.3. The standard InChI is InChI=1S/C21H22ClN5O4/c1-3-10-26(12-19(28)23-18-9-8-15(27(29)30)11-14(18)2)13-20-24-25-21(31-20)16-6-4-5-7-17(16)22/h4-9,11H,3,10,12-13H2,1-2H3,(H,23,28). The molecule has 0 bridgehead atoms. The molecule has 3 aromatic rings. The zero-order chi connectivity index (χ0) is 22.4. The smallest absolute Gasteiger partial charge is 0.269 e. The molecule has 0 fully saturated rings. The van der Waals surface area contributed by atoms with Crippen molar-refractivity contribution >= 4 is 28.9 Å². The lowest BCUT2D eigenvalue weighted by Gasteiger charge is -2.19. The van der Waals surface area contributed by atoms with Gasteiger partial charge in [-0.05, 0) is 43.7 Å². The molecular weight excluding hydrogens is 422 g/mol. The molecule has 31 heavy (non-hydrogen) atoms. The van der Waals surface area contributed by atoms with Gasteiger partial charge in [0, 0.05) is 17.8 Å². The van der Waals surface area contributed by atoms with Crippen LogP contribution in [0, 0.1) is 17.0 Å². The fourth-order valence-corrected chi connectivity index (χ4v) is 3.29. The molecule has 9 nitrogen and oxygen atoms in total. The molecule has 1 amide bonds. The van der Waals surface area contributed by atoms with E-state index in [1.165, 1.54) is 18.2 Å². The summed E-state index contributed by atoms with van der Waals surface area (Å²) in [6.07, 6.45) is 0.829. The normalized spacial score (nSPS) is 11.0. The Bertz CT molecular complexity index is 1090. The summed E-state index contributed by atoms with van der Waals surface area (Å²) >= 11 is 6.18. The molecule has 1 aromatic heterocycles. The maximum atomic E-state index is 12.6.